The molecule has 0 aromatic heterocycles. The van der Waals surface area contributed by atoms with Crippen LogP contribution in [0.1, 0.15) is 41.2 Å². The van der Waals surface area contributed by atoms with E-state index in [0.29, 0.717) is 30.8 Å². The van der Waals surface area contributed by atoms with Crippen molar-refractivity contribution in [2.24, 2.45) is 0 Å². The quantitative estimate of drug-likeness (QED) is 0.799. The van der Waals surface area contributed by atoms with Crippen LogP contribution in [-0.4, -0.2) is 28.4 Å². The third-order valence-electron chi connectivity index (χ3n) is 5.51. The third-order valence-corrected chi connectivity index (χ3v) is 5.51. The van der Waals surface area contributed by atoms with Gasteiger partial charge in [0.15, 0.2) is 0 Å². The van der Waals surface area contributed by atoms with Crippen molar-refractivity contribution in [3.05, 3.63) is 52.1 Å². The van der Waals surface area contributed by atoms with Crippen LogP contribution in [0.25, 0.3) is 0 Å². The van der Waals surface area contributed by atoms with E-state index in [1.54, 1.807) is 31.2 Å². The van der Waals surface area contributed by atoms with Crippen molar-refractivity contribution in [3.63, 3.8) is 0 Å². The maximum Gasteiger partial charge on any atom is 0.350 e. The molecule has 3 rings (SSSR count). The Labute approximate surface area is 159 Å². The van der Waals surface area contributed by atoms with Crippen LogP contribution in [0.15, 0.2) is 24.3 Å². The Hall–Kier alpha value is -2.69. The van der Waals surface area contributed by atoms with E-state index < -0.39 is 5.60 Å². The Bertz CT molecular complexity index is 870. The number of carbonyl (C=O) groups excluding carboxylic acids is 1. The SMILES string of the molecule is Cc1c(C)c2c(c(C)c1O)CCC(C)(C(=O)OCCc1ccc(O)cc1)O2. The van der Waals surface area contributed by atoms with Crippen molar-refractivity contribution in [2.75, 3.05) is 6.61 Å². The van der Waals surface area contributed by atoms with Gasteiger partial charge >= 0.3 is 5.97 Å². The van der Waals surface area contributed by atoms with Crippen molar-refractivity contribution in [3.8, 4) is 17.2 Å². The molecule has 2 aromatic carbocycles. The van der Waals surface area contributed by atoms with Gasteiger partial charge in [-0.3, -0.25) is 0 Å². The second kappa shape index (κ2) is 7.14. The molecule has 1 aliphatic heterocycles. The maximum atomic E-state index is 12.7. The van der Waals surface area contributed by atoms with E-state index in [1.807, 2.05) is 20.8 Å². The minimum atomic E-state index is -1.04. The van der Waals surface area contributed by atoms with Gasteiger partial charge in [-0.25, -0.2) is 4.79 Å². The molecule has 0 spiro atoms. The van der Waals surface area contributed by atoms with Gasteiger partial charge in [-0.15, -0.1) is 0 Å². The number of ether oxygens (including phenoxy) is 2. The van der Waals surface area contributed by atoms with Crippen molar-refractivity contribution in [1.82, 2.24) is 0 Å². The van der Waals surface area contributed by atoms with Crippen LogP contribution in [-0.2, 0) is 22.4 Å². The van der Waals surface area contributed by atoms with E-state index >= 15 is 0 Å². The molecule has 144 valence electrons. The highest BCUT2D eigenvalue weighted by molar-refractivity contribution is 5.80. The molecular formula is C22H26O5. The Morgan fingerprint density at radius 3 is 2.44 bits per heavy atom. The zero-order valence-corrected chi connectivity index (χ0v) is 16.3. The molecular weight excluding hydrogens is 344 g/mol. The van der Waals surface area contributed by atoms with E-state index in [2.05, 4.69) is 0 Å². The van der Waals surface area contributed by atoms with Crippen molar-refractivity contribution in [1.29, 1.82) is 0 Å². The first kappa shape index (κ1) is 19.1. The summed E-state index contributed by atoms with van der Waals surface area (Å²) in [5.41, 5.74) is 3.36. The number of phenolic OH excluding ortho intramolecular Hbond substituents is 2. The summed E-state index contributed by atoms with van der Waals surface area (Å²) in [5.74, 6) is 0.821. The van der Waals surface area contributed by atoms with Crippen LogP contribution in [0.3, 0.4) is 0 Å². The number of hydrogen-bond donors (Lipinski definition) is 2. The third kappa shape index (κ3) is 3.59. The van der Waals surface area contributed by atoms with E-state index in [1.165, 1.54) is 0 Å². The second-order valence-corrected chi connectivity index (χ2v) is 7.42. The second-order valence-electron chi connectivity index (χ2n) is 7.42. The van der Waals surface area contributed by atoms with Crippen molar-refractivity contribution in [2.45, 2.75) is 52.6 Å². The molecule has 5 nitrogen and oxygen atoms in total. The zero-order chi connectivity index (χ0) is 19.8. The zero-order valence-electron chi connectivity index (χ0n) is 16.3. The molecule has 0 fully saturated rings. The molecule has 27 heavy (non-hydrogen) atoms. The minimum Gasteiger partial charge on any atom is -0.508 e. The van der Waals surface area contributed by atoms with E-state index in [4.69, 9.17) is 9.47 Å². The first-order chi connectivity index (χ1) is 12.7. The summed E-state index contributed by atoms with van der Waals surface area (Å²) in [7, 11) is 0. The minimum absolute atomic E-state index is 0.213. The Morgan fingerprint density at radius 2 is 1.78 bits per heavy atom. The van der Waals surface area contributed by atoms with Crippen molar-refractivity contribution < 1.29 is 24.5 Å². The summed E-state index contributed by atoms with van der Waals surface area (Å²) in [5, 5.41) is 19.6. The number of fused-ring (bicyclic) bond motifs is 1. The molecule has 5 heteroatoms. The topological polar surface area (TPSA) is 76.0 Å². The fourth-order valence-corrected chi connectivity index (χ4v) is 3.47. The molecule has 0 saturated carbocycles. The number of aromatic hydroxyl groups is 2. The molecule has 2 aromatic rings. The van der Waals surface area contributed by atoms with Gasteiger partial charge in [0.05, 0.1) is 6.61 Å². The fraction of sp³-hybridized carbons (Fsp3) is 0.409. The molecule has 1 heterocycles. The molecule has 0 aliphatic carbocycles. The molecule has 2 N–H and O–H groups in total. The fourth-order valence-electron chi connectivity index (χ4n) is 3.47. The van der Waals surface area contributed by atoms with Crippen LogP contribution in [0.2, 0.25) is 0 Å². The Kier molecular flexibility index (Phi) is 5.05. The molecule has 1 atom stereocenters. The lowest BCUT2D eigenvalue weighted by atomic mass is 9.87. The van der Waals surface area contributed by atoms with Crippen LogP contribution >= 0.6 is 0 Å². The molecule has 0 amide bonds. The summed E-state index contributed by atoms with van der Waals surface area (Å²) >= 11 is 0. The highest BCUT2D eigenvalue weighted by atomic mass is 16.6. The van der Waals surface area contributed by atoms with E-state index in [-0.39, 0.29) is 18.3 Å². The van der Waals surface area contributed by atoms with Gasteiger partial charge < -0.3 is 19.7 Å². The summed E-state index contributed by atoms with van der Waals surface area (Å²) in [6.07, 6.45) is 1.73. The van der Waals surface area contributed by atoms with Crippen molar-refractivity contribution >= 4 is 5.97 Å². The average molecular weight is 370 g/mol. The highest BCUT2D eigenvalue weighted by Crippen LogP contribution is 2.43. The van der Waals surface area contributed by atoms with Crippen LogP contribution in [0.5, 0.6) is 17.2 Å². The first-order valence-electron chi connectivity index (χ1n) is 9.18. The number of rotatable bonds is 4. The largest absolute Gasteiger partial charge is 0.508 e. The molecule has 0 radical (unpaired) electrons. The highest BCUT2D eigenvalue weighted by Gasteiger charge is 2.42. The lowest BCUT2D eigenvalue weighted by Crippen LogP contribution is -2.46. The molecule has 1 unspecified atom stereocenters. The van der Waals surface area contributed by atoms with Crippen LogP contribution < -0.4 is 4.74 Å². The normalized spacial score (nSPS) is 18.5. The predicted molar refractivity (Wildman–Crippen MR) is 102 cm³/mol. The lowest BCUT2D eigenvalue weighted by Gasteiger charge is -2.35. The smallest absolute Gasteiger partial charge is 0.350 e. The summed E-state index contributed by atoms with van der Waals surface area (Å²) < 4.78 is 11.6. The number of carbonyl (C=O) groups is 1. The average Bonchev–Trinajstić information content (AvgIpc) is 2.66. The summed E-state index contributed by atoms with van der Waals surface area (Å²) in [6.45, 7) is 7.64. The lowest BCUT2D eigenvalue weighted by molar-refractivity contribution is -0.162. The van der Waals surface area contributed by atoms with Gasteiger partial charge in [0.2, 0.25) is 5.60 Å². The Balaban J connectivity index is 1.70. The van der Waals surface area contributed by atoms with E-state index in [0.717, 1.165) is 27.8 Å². The van der Waals surface area contributed by atoms with Crippen LogP contribution in [0, 0.1) is 20.8 Å². The number of hydrogen-bond acceptors (Lipinski definition) is 5. The first-order valence-corrected chi connectivity index (χ1v) is 9.18. The predicted octanol–water partition coefficient (Wildman–Crippen LogP) is 3.89. The van der Waals surface area contributed by atoms with Gasteiger partial charge in [0.1, 0.15) is 17.2 Å². The van der Waals surface area contributed by atoms with E-state index in [9.17, 15) is 15.0 Å². The van der Waals surface area contributed by atoms with Gasteiger partial charge in [-0.05, 0) is 68.5 Å². The summed E-state index contributed by atoms with van der Waals surface area (Å²) in [4.78, 5) is 12.7. The maximum absolute atomic E-state index is 12.7. The molecule has 0 saturated heterocycles. The monoisotopic (exact) mass is 370 g/mol. The standard InChI is InChI=1S/C22H26O5/c1-13-14(2)20-18(15(3)19(13)24)9-11-22(4,27-20)21(25)26-12-10-16-5-7-17(23)8-6-16/h5-8,23-24H,9-12H2,1-4H3. The van der Waals surface area contributed by atoms with Crippen LogP contribution in [0.4, 0.5) is 0 Å². The van der Waals surface area contributed by atoms with Gasteiger partial charge in [-0.2, -0.15) is 0 Å². The summed E-state index contributed by atoms with van der Waals surface area (Å²) in [6, 6.07) is 6.84. The van der Waals surface area contributed by atoms with Gasteiger partial charge in [-0.1, -0.05) is 12.1 Å². The van der Waals surface area contributed by atoms with Gasteiger partial charge in [0, 0.05) is 18.4 Å². The number of esters is 1. The number of benzene rings is 2. The van der Waals surface area contributed by atoms with Gasteiger partial charge in [0.25, 0.3) is 0 Å². The molecule has 0 bridgehead atoms. The number of phenols is 2. The Morgan fingerprint density at radius 1 is 1.11 bits per heavy atom. The molecule has 1 aliphatic rings.